The second kappa shape index (κ2) is 7.37. The minimum atomic E-state index is 0.475. The molecule has 0 aliphatic rings. The van der Waals surface area contributed by atoms with Gasteiger partial charge in [-0.15, -0.1) is 0 Å². The molecule has 0 saturated carbocycles. The van der Waals surface area contributed by atoms with Crippen LogP contribution in [0.15, 0.2) is 18.3 Å². The zero-order valence-corrected chi connectivity index (χ0v) is 12.4. The predicted molar refractivity (Wildman–Crippen MR) is 78.9 cm³/mol. The Kier molecular flexibility index (Phi) is 6.13. The van der Waals surface area contributed by atoms with E-state index in [1.54, 1.807) is 0 Å². The summed E-state index contributed by atoms with van der Waals surface area (Å²) in [6.07, 6.45) is 1.89. The predicted octanol–water partition coefficient (Wildman–Crippen LogP) is 3.06. The zero-order chi connectivity index (χ0) is 13.5. The first-order valence-corrected chi connectivity index (χ1v) is 6.97. The maximum Gasteiger partial charge on any atom is 0.133 e. The summed E-state index contributed by atoms with van der Waals surface area (Å²) >= 11 is 0. The van der Waals surface area contributed by atoms with Gasteiger partial charge in [0.15, 0.2) is 0 Å². The first-order chi connectivity index (χ1) is 8.56. The van der Waals surface area contributed by atoms with Crippen LogP contribution in [0, 0.1) is 5.92 Å². The van der Waals surface area contributed by atoms with E-state index in [4.69, 9.17) is 0 Å². The maximum atomic E-state index is 4.59. The van der Waals surface area contributed by atoms with Crippen LogP contribution in [0.1, 0.15) is 40.2 Å². The van der Waals surface area contributed by atoms with Crippen LogP contribution >= 0.6 is 0 Å². The molecule has 0 spiro atoms. The van der Waals surface area contributed by atoms with E-state index in [9.17, 15) is 0 Å². The van der Waals surface area contributed by atoms with Crippen molar-refractivity contribution in [1.82, 2.24) is 10.3 Å². The van der Waals surface area contributed by atoms with Crippen LogP contribution in [0.5, 0.6) is 0 Å². The number of hydrogen-bond donors (Lipinski definition) is 1. The number of rotatable bonds is 7. The molecule has 3 nitrogen and oxygen atoms in total. The lowest BCUT2D eigenvalue weighted by Gasteiger charge is -2.31. The number of hydrogen-bond acceptors (Lipinski definition) is 3. The molecule has 0 unspecified atom stereocenters. The van der Waals surface area contributed by atoms with Gasteiger partial charge in [-0.2, -0.15) is 0 Å². The van der Waals surface area contributed by atoms with E-state index >= 15 is 0 Å². The zero-order valence-electron chi connectivity index (χ0n) is 12.4. The van der Waals surface area contributed by atoms with Gasteiger partial charge in [0.25, 0.3) is 0 Å². The lowest BCUT2D eigenvalue weighted by molar-refractivity contribution is 0.562. The summed E-state index contributed by atoms with van der Waals surface area (Å²) in [7, 11) is 0. The van der Waals surface area contributed by atoms with Gasteiger partial charge in [0.2, 0.25) is 0 Å². The molecule has 1 heterocycles. The van der Waals surface area contributed by atoms with Gasteiger partial charge in [0.1, 0.15) is 5.82 Å². The molecule has 1 N–H and O–H groups in total. The molecule has 0 saturated heterocycles. The Hall–Kier alpha value is -1.09. The van der Waals surface area contributed by atoms with Gasteiger partial charge in [-0.1, -0.05) is 26.8 Å². The lowest BCUT2D eigenvalue weighted by Crippen LogP contribution is -2.36. The molecule has 0 aliphatic heterocycles. The highest BCUT2D eigenvalue weighted by Gasteiger charge is 2.16. The van der Waals surface area contributed by atoms with Crippen molar-refractivity contribution in [3.63, 3.8) is 0 Å². The van der Waals surface area contributed by atoms with E-state index in [1.165, 1.54) is 5.56 Å². The monoisotopic (exact) mass is 249 g/mol. The molecule has 3 heteroatoms. The van der Waals surface area contributed by atoms with E-state index in [-0.39, 0.29) is 0 Å². The van der Waals surface area contributed by atoms with Crippen molar-refractivity contribution in [3.8, 4) is 0 Å². The second-order valence-electron chi connectivity index (χ2n) is 5.41. The molecule has 18 heavy (non-hydrogen) atoms. The van der Waals surface area contributed by atoms with Crippen LogP contribution in [0.4, 0.5) is 5.82 Å². The third-order valence-electron chi connectivity index (χ3n) is 2.89. The van der Waals surface area contributed by atoms with Crippen molar-refractivity contribution in [2.75, 3.05) is 18.0 Å². The molecule has 0 bridgehead atoms. The lowest BCUT2D eigenvalue weighted by atomic mass is 10.1. The fourth-order valence-corrected chi connectivity index (χ4v) is 2.02. The summed E-state index contributed by atoms with van der Waals surface area (Å²) in [5.74, 6) is 1.77. The Balaban J connectivity index is 2.95. The van der Waals surface area contributed by atoms with Gasteiger partial charge in [0.05, 0.1) is 0 Å². The molecule has 0 fully saturated rings. The Labute approximate surface area is 112 Å². The molecule has 1 aromatic heterocycles. The van der Waals surface area contributed by atoms with Crippen molar-refractivity contribution in [2.24, 2.45) is 5.92 Å². The maximum absolute atomic E-state index is 4.59. The van der Waals surface area contributed by atoms with Gasteiger partial charge >= 0.3 is 0 Å². The highest BCUT2D eigenvalue weighted by atomic mass is 15.2. The summed E-state index contributed by atoms with van der Waals surface area (Å²) in [5.41, 5.74) is 1.29. The molecule has 1 rings (SSSR count). The van der Waals surface area contributed by atoms with Crippen LogP contribution in [0.2, 0.25) is 0 Å². The molecule has 0 radical (unpaired) electrons. The number of aromatic nitrogens is 1. The molecule has 0 amide bonds. The van der Waals surface area contributed by atoms with Crippen molar-refractivity contribution in [1.29, 1.82) is 0 Å². The SMILES string of the molecule is CCNCc1cccnc1N(CC(C)C)C(C)C. The summed E-state index contributed by atoms with van der Waals surface area (Å²) < 4.78 is 0. The highest BCUT2D eigenvalue weighted by molar-refractivity contribution is 5.47. The molecule has 102 valence electrons. The average molecular weight is 249 g/mol. The van der Waals surface area contributed by atoms with Crippen molar-refractivity contribution >= 4 is 5.82 Å². The van der Waals surface area contributed by atoms with Crippen molar-refractivity contribution in [3.05, 3.63) is 23.9 Å². The minimum Gasteiger partial charge on any atom is -0.354 e. The molecule has 1 aromatic rings. The fourth-order valence-electron chi connectivity index (χ4n) is 2.02. The van der Waals surface area contributed by atoms with Gasteiger partial charge in [-0.3, -0.25) is 0 Å². The number of anilines is 1. The Morgan fingerprint density at radius 3 is 2.56 bits per heavy atom. The Bertz CT molecular complexity index is 347. The third-order valence-corrected chi connectivity index (χ3v) is 2.89. The molecular weight excluding hydrogens is 222 g/mol. The molecule has 0 aromatic carbocycles. The van der Waals surface area contributed by atoms with Crippen LogP contribution in [0.25, 0.3) is 0 Å². The van der Waals surface area contributed by atoms with Gasteiger partial charge in [-0.25, -0.2) is 4.98 Å². The van der Waals surface area contributed by atoms with Gasteiger partial charge in [-0.05, 0) is 32.4 Å². The van der Waals surface area contributed by atoms with Crippen molar-refractivity contribution < 1.29 is 0 Å². The van der Waals surface area contributed by atoms with E-state index in [0.717, 1.165) is 25.5 Å². The fraction of sp³-hybridized carbons (Fsp3) is 0.667. The molecular formula is C15H27N3. The highest BCUT2D eigenvalue weighted by Crippen LogP contribution is 2.20. The van der Waals surface area contributed by atoms with E-state index in [0.29, 0.717) is 12.0 Å². The van der Waals surface area contributed by atoms with E-state index in [1.807, 2.05) is 12.3 Å². The number of pyridine rings is 1. The Morgan fingerprint density at radius 2 is 2.00 bits per heavy atom. The first-order valence-electron chi connectivity index (χ1n) is 6.97. The third kappa shape index (κ3) is 4.30. The van der Waals surface area contributed by atoms with E-state index in [2.05, 4.69) is 55.9 Å². The van der Waals surface area contributed by atoms with Crippen LogP contribution in [-0.2, 0) is 6.54 Å². The smallest absolute Gasteiger partial charge is 0.133 e. The minimum absolute atomic E-state index is 0.475. The first kappa shape index (κ1) is 15.0. The summed E-state index contributed by atoms with van der Waals surface area (Å²) in [5, 5.41) is 3.39. The summed E-state index contributed by atoms with van der Waals surface area (Å²) in [4.78, 5) is 6.99. The largest absolute Gasteiger partial charge is 0.354 e. The topological polar surface area (TPSA) is 28.2 Å². The van der Waals surface area contributed by atoms with Gasteiger partial charge < -0.3 is 10.2 Å². The van der Waals surface area contributed by atoms with Crippen LogP contribution in [-0.4, -0.2) is 24.1 Å². The summed E-state index contributed by atoms with van der Waals surface area (Å²) in [6, 6.07) is 4.66. The standard InChI is InChI=1S/C15H27N3/c1-6-16-10-14-8-7-9-17-15(14)18(13(4)5)11-12(2)3/h7-9,12-13,16H,6,10-11H2,1-5H3. The van der Waals surface area contributed by atoms with Crippen molar-refractivity contribution in [2.45, 2.75) is 47.2 Å². The second-order valence-corrected chi connectivity index (χ2v) is 5.41. The quantitative estimate of drug-likeness (QED) is 0.805. The van der Waals surface area contributed by atoms with Gasteiger partial charge in [0, 0.05) is 30.9 Å². The van der Waals surface area contributed by atoms with Crippen LogP contribution in [0.3, 0.4) is 0 Å². The Morgan fingerprint density at radius 1 is 1.28 bits per heavy atom. The van der Waals surface area contributed by atoms with Crippen LogP contribution < -0.4 is 10.2 Å². The normalized spacial score (nSPS) is 11.3. The number of nitrogens with zero attached hydrogens (tertiary/aromatic N) is 2. The average Bonchev–Trinajstić information content (AvgIpc) is 2.33. The molecule has 0 aliphatic carbocycles. The summed E-state index contributed by atoms with van der Waals surface area (Å²) in [6.45, 7) is 14.0. The number of nitrogens with one attached hydrogen (secondary N) is 1. The molecule has 0 atom stereocenters. The van der Waals surface area contributed by atoms with E-state index < -0.39 is 0 Å².